The summed E-state index contributed by atoms with van der Waals surface area (Å²) in [4.78, 5) is 17.1. The topological polar surface area (TPSA) is 43.6 Å². The van der Waals surface area contributed by atoms with Gasteiger partial charge in [-0.1, -0.05) is 36.4 Å². The number of hydrogen-bond acceptors (Lipinski definition) is 3. The molecule has 0 aliphatic rings. The summed E-state index contributed by atoms with van der Waals surface area (Å²) in [5, 5.41) is 1.89. The Hall–Kier alpha value is -2.66. The molecule has 3 aromatic rings. The summed E-state index contributed by atoms with van der Waals surface area (Å²) >= 11 is 1.43. The number of thiazole rings is 1. The molecular weight excluding hydrogens is 308 g/mol. The highest BCUT2D eigenvalue weighted by Crippen LogP contribution is 2.16. The lowest BCUT2D eigenvalue weighted by molar-refractivity contribution is 0.0997. The summed E-state index contributed by atoms with van der Waals surface area (Å²) in [5.41, 5.74) is 1.60. The van der Waals surface area contributed by atoms with Gasteiger partial charge in [0.1, 0.15) is 12.4 Å². The molecule has 0 radical (unpaired) electrons. The summed E-state index contributed by atoms with van der Waals surface area (Å²) in [6.07, 6.45) is 1.87. The summed E-state index contributed by atoms with van der Waals surface area (Å²) in [7, 11) is 1.86. The quantitative estimate of drug-likeness (QED) is 0.738. The zero-order valence-corrected chi connectivity index (χ0v) is 13.5. The minimum absolute atomic E-state index is 0.270. The number of benzene rings is 2. The molecule has 0 spiro atoms. The van der Waals surface area contributed by atoms with E-state index >= 15 is 0 Å². The van der Waals surface area contributed by atoms with Gasteiger partial charge in [-0.25, -0.2) is 0 Å². The summed E-state index contributed by atoms with van der Waals surface area (Å²) < 4.78 is 7.56. The van der Waals surface area contributed by atoms with Crippen molar-refractivity contribution in [3.8, 4) is 5.75 Å². The maximum atomic E-state index is 12.3. The van der Waals surface area contributed by atoms with E-state index < -0.39 is 0 Å². The molecule has 3 rings (SSSR count). The number of carbonyl (C=O) groups is 1. The van der Waals surface area contributed by atoms with Crippen molar-refractivity contribution in [2.24, 2.45) is 12.0 Å². The molecule has 1 heterocycles. The fourth-order valence-corrected chi connectivity index (χ4v) is 2.77. The van der Waals surface area contributed by atoms with E-state index in [1.165, 1.54) is 11.3 Å². The van der Waals surface area contributed by atoms with Crippen LogP contribution in [0.25, 0.3) is 0 Å². The lowest BCUT2D eigenvalue weighted by Gasteiger charge is -2.07. The van der Waals surface area contributed by atoms with Crippen molar-refractivity contribution in [2.45, 2.75) is 6.61 Å². The minimum atomic E-state index is -0.270. The number of carbonyl (C=O) groups excluding carboxylic acids is 1. The average molecular weight is 324 g/mol. The van der Waals surface area contributed by atoms with Crippen molar-refractivity contribution >= 4 is 17.2 Å². The van der Waals surface area contributed by atoms with E-state index in [-0.39, 0.29) is 5.91 Å². The Morgan fingerprint density at radius 3 is 2.74 bits per heavy atom. The van der Waals surface area contributed by atoms with Gasteiger partial charge in [-0.15, -0.1) is 11.3 Å². The number of rotatable bonds is 4. The van der Waals surface area contributed by atoms with E-state index in [1.54, 1.807) is 18.2 Å². The molecule has 0 N–H and O–H groups in total. The first-order chi connectivity index (χ1) is 11.2. The van der Waals surface area contributed by atoms with E-state index in [1.807, 2.05) is 59.6 Å². The van der Waals surface area contributed by atoms with Crippen molar-refractivity contribution in [1.82, 2.24) is 4.57 Å². The molecule has 0 saturated carbocycles. The number of hydrogen-bond donors (Lipinski definition) is 0. The Kier molecular flexibility index (Phi) is 4.68. The smallest absolute Gasteiger partial charge is 0.279 e. The Balaban J connectivity index is 1.75. The second-order valence-electron chi connectivity index (χ2n) is 5.02. The molecule has 2 aromatic carbocycles. The van der Waals surface area contributed by atoms with Crippen LogP contribution in [0.4, 0.5) is 0 Å². The fourth-order valence-electron chi connectivity index (χ4n) is 2.05. The van der Waals surface area contributed by atoms with E-state index in [2.05, 4.69) is 4.99 Å². The van der Waals surface area contributed by atoms with Gasteiger partial charge in [0.25, 0.3) is 5.91 Å². The third kappa shape index (κ3) is 3.96. The molecule has 0 aliphatic carbocycles. The van der Waals surface area contributed by atoms with Gasteiger partial charge >= 0.3 is 0 Å². The molecule has 0 aliphatic heterocycles. The molecule has 0 unspecified atom stereocenters. The molecule has 1 amide bonds. The molecule has 0 saturated heterocycles. The first-order valence-electron chi connectivity index (χ1n) is 7.18. The van der Waals surface area contributed by atoms with Gasteiger partial charge in [0.2, 0.25) is 0 Å². The lowest BCUT2D eigenvalue weighted by atomic mass is 10.2. The summed E-state index contributed by atoms with van der Waals surface area (Å²) in [6, 6.07) is 17.0. The van der Waals surface area contributed by atoms with E-state index in [0.717, 1.165) is 5.56 Å². The van der Waals surface area contributed by atoms with Crippen LogP contribution in [0.1, 0.15) is 15.9 Å². The van der Waals surface area contributed by atoms with Crippen LogP contribution < -0.4 is 9.54 Å². The highest BCUT2D eigenvalue weighted by molar-refractivity contribution is 7.07. The summed E-state index contributed by atoms with van der Waals surface area (Å²) in [6.45, 7) is 0.468. The molecule has 0 bridgehead atoms. The fraction of sp³-hybridized carbons (Fsp3) is 0.111. The minimum Gasteiger partial charge on any atom is -0.489 e. The van der Waals surface area contributed by atoms with E-state index in [0.29, 0.717) is 22.7 Å². The monoisotopic (exact) mass is 324 g/mol. The number of ether oxygens (including phenoxy) is 1. The van der Waals surface area contributed by atoms with Crippen LogP contribution in [0.3, 0.4) is 0 Å². The Morgan fingerprint density at radius 1 is 1.17 bits per heavy atom. The van der Waals surface area contributed by atoms with Crippen molar-refractivity contribution in [3.63, 3.8) is 0 Å². The third-order valence-electron chi connectivity index (χ3n) is 3.29. The number of nitrogens with zero attached hydrogens (tertiary/aromatic N) is 2. The standard InChI is InChI=1S/C18H16N2O2S/c1-20-10-11-23-18(20)19-17(21)15-8-5-9-16(12-15)22-13-14-6-3-2-4-7-14/h2-12H,13H2,1H3. The van der Waals surface area contributed by atoms with Gasteiger partial charge < -0.3 is 9.30 Å². The van der Waals surface area contributed by atoms with Crippen LogP contribution >= 0.6 is 11.3 Å². The Morgan fingerprint density at radius 2 is 2.00 bits per heavy atom. The van der Waals surface area contributed by atoms with Crippen LogP contribution in [-0.2, 0) is 13.7 Å². The molecular formula is C18H16N2O2S. The predicted octanol–water partition coefficient (Wildman–Crippen LogP) is 3.41. The van der Waals surface area contributed by atoms with Crippen LogP contribution in [0, 0.1) is 0 Å². The first-order valence-corrected chi connectivity index (χ1v) is 8.06. The maximum Gasteiger partial charge on any atom is 0.279 e. The normalized spacial score (nSPS) is 11.4. The highest BCUT2D eigenvalue weighted by atomic mass is 32.1. The van der Waals surface area contributed by atoms with Crippen molar-refractivity contribution in [3.05, 3.63) is 82.1 Å². The average Bonchev–Trinajstić information content (AvgIpc) is 2.99. The second kappa shape index (κ2) is 7.07. The van der Waals surface area contributed by atoms with Gasteiger partial charge in [0.05, 0.1) is 0 Å². The largest absolute Gasteiger partial charge is 0.489 e. The van der Waals surface area contributed by atoms with Crippen molar-refractivity contribution in [1.29, 1.82) is 0 Å². The summed E-state index contributed by atoms with van der Waals surface area (Å²) in [5.74, 6) is 0.388. The lowest BCUT2D eigenvalue weighted by Crippen LogP contribution is -2.12. The Bertz CT molecular complexity index is 866. The zero-order valence-electron chi connectivity index (χ0n) is 12.7. The zero-order chi connectivity index (χ0) is 16.1. The van der Waals surface area contributed by atoms with E-state index in [9.17, 15) is 4.79 Å². The molecule has 116 valence electrons. The van der Waals surface area contributed by atoms with Gasteiger partial charge in [0.15, 0.2) is 4.80 Å². The van der Waals surface area contributed by atoms with Crippen LogP contribution in [0.5, 0.6) is 5.75 Å². The van der Waals surface area contributed by atoms with Crippen molar-refractivity contribution in [2.75, 3.05) is 0 Å². The number of aryl methyl sites for hydroxylation is 1. The van der Waals surface area contributed by atoms with Gasteiger partial charge in [-0.05, 0) is 23.8 Å². The maximum absolute atomic E-state index is 12.3. The van der Waals surface area contributed by atoms with Crippen LogP contribution in [0.2, 0.25) is 0 Å². The van der Waals surface area contributed by atoms with Crippen LogP contribution in [0.15, 0.2) is 71.2 Å². The van der Waals surface area contributed by atoms with Crippen molar-refractivity contribution < 1.29 is 9.53 Å². The third-order valence-corrected chi connectivity index (χ3v) is 4.13. The molecule has 0 atom stereocenters. The Labute approximate surface area is 138 Å². The predicted molar refractivity (Wildman–Crippen MR) is 90.4 cm³/mol. The van der Waals surface area contributed by atoms with Gasteiger partial charge in [0, 0.05) is 24.2 Å². The number of aromatic nitrogens is 1. The van der Waals surface area contributed by atoms with Gasteiger partial charge in [-0.3, -0.25) is 4.79 Å². The first kappa shape index (κ1) is 15.2. The molecule has 1 aromatic heterocycles. The van der Waals surface area contributed by atoms with E-state index in [4.69, 9.17) is 4.74 Å². The molecule has 0 fully saturated rings. The SMILES string of the molecule is Cn1ccsc1=NC(=O)c1cccc(OCc2ccccc2)c1. The van der Waals surface area contributed by atoms with Gasteiger partial charge in [-0.2, -0.15) is 4.99 Å². The molecule has 23 heavy (non-hydrogen) atoms. The molecule has 5 heteroatoms. The highest BCUT2D eigenvalue weighted by Gasteiger charge is 2.06. The second-order valence-corrected chi connectivity index (χ2v) is 5.89. The van der Waals surface area contributed by atoms with Crippen LogP contribution in [-0.4, -0.2) is 10.5 Å². The molecule has 4 nitrogen and oxygen atoms in total. The number of amides is 1.